The maximum atomic E-state index is 11.1. The summed E-state index contributed by atoms with van der Waals surface area (Å²) in [6.45, 7) is 2.45. The third-order valence-corrected chi connectivity index (χ3v) is 2.84. The molecular weight excluding hydrogens is 246 g/mol. The standard InChI is InChI=1S/C13H15N3O3/c1-9-3-4-11-10(7-9)13(14-5-2-6-17)12(8-15-11)16(18)19/h3-4,7-8,17H,2,5-6H2,1H3,(H,14,15). The van der Waals surface area contributed by atoms with Crippen LogP contribution in [-0.4, -0.2) is 28.2 Å². The number of rotatable bonds is 5. The Morgan fingerprint density at radius 3 is 2.95 bits per heavy atom. The molecule has 6 nitrogen and oxygen atoms in total. The van der Waals surface area contributed by atoms with Crippen molar-refractivity contribution in [1.29, 1.82) is 0 Å². The smallest absolute Gasteiger partial charge is 0.311 e. The maximum Gasteiger partial charge on any atom is 0.311 e. The van der Waals surface area contributed by atoms with Crippen LogP contribution < -0.4 is 5.32 Å². The number of aromatic nitrogens is 1. The monoisotopic (exact) mass is 261 g/mol. The summed E-state index contributed by atoms with van der Waals surface area (Å²) in [4.78, 5) is 14.7. The Morgan fingerprint density at radius 1 is 1.47 bits per heavy atom. The van der Waals surface area contributed by atoms with Crippen LogP contribution in [-0.2, 0) is 0 Å². The van der Waals surface area contributed by atoms with E-state index in [2.05, 4.69) is 10.3 Å². The van der Waals surface area contributed by atoms with Crippen molar-refractivity contribution in [2.75, 3.05) is 18.5 Å². The third-order valence-electron chi connectivity index (χ3n) is 2.84. The van der Waals surface area contributed by atoms with Crippen LogP contribution in [0.25, 0.3) is 10.9 Å². The van der Waals surface area contributed by atoms with E-state index in [1.807, 2.05) is 25.1 Å². The van der Waals surface area contributed by atoms with Gasteiger partial charge in [-0.1, -0.05) is 11.6 Å². The van der Waals surface area contributed by atoms with Crippen molar-refractivity contribution in [2.45, 2.75) is 13.3 Å². The lowest BCUT2D eigenvalue weighted by molar-refractivity contribution is -0.384. The molecule has 100 valence electrons. The number of aliphatic hydroxyl groups is 1. The molecule has 0 amide bonds. The zero-order valence-electron chi connectivity index (χ0n) is 10.6. The Kier molecular flexibility index (Phi) is 3.91. The molecule has 6 heteroatoms. The molecule has 2 rings (SSSR count). The molecule has 0 aliphatic rings. The number of anilines is 1. The third kappa shape index (κ3) is 2.79. The first-order valence-corrected chi connectivity index (χ1v) is 6.02. The topological polar surface area (TPSA) is 88.3 Å². The van der Waals surface area contributed by atoms with E-state index in [0.717, 1.165) is 10.9 Å². The lowest BCUT2D eigenvalue weighted by Crippen LogP contribution is -2.07. The van der Waals surface area contributed by atoms with Crippen molar-refractivity contribution < 1.29 is 10.0 Å². The van der Waals surface area contributed by atoms with Gasteiger partial charge in [-0.3, -0.25) is 10.1 Å². The fourth-order valence-corrected chi connectivity index (χ4v) is 1.91. The van der Waals surface area contributed by atoms with Gasteiger partial charge in [0.15, 0.2) is 0 Å². The molecule has 0 bridgehead atoms. The number of pyridine rings is 1. The molecule has 19 heavy (non-hydrogen) atoms. The summed E-state index contributed by atoms with van der Waals surface area (Å²) in [6.07, 6.45) is 1.80. The van der Waals surface area contributed by atoms with Crippen LogP contribution in [0.2, 0.25) is 0 Å². The van der Waals surface area contributed by atoms with E-state index in [0.29, 0.717) is 24.2 Å². The minimum absolute atomic E-state index is 0.0445. The van der Waals surface area contributed by atoms with E-state index >= 15 is 0 Å². The molecule has 0 unspecified atom stereocenters. The number of hydrogen-bond donors (Lipinski definition) is 2. The summed E-state index contributed by atoms with van der Waals surface area (Å²) in [5, 5.41) is 23.6. The highest BCUT2D eigenvalue weighted by molar-refractivity contribution is 5.96. The van der Waals surface area contributed by atoms with Crippen LogP contribution in [0.3, 0.4) is 0 Å². The van der Waals surface area contributed by atoms with Crippen molar-refractivity contribution >= 4 is 22.3 Å². The van der Waals surface area contributed by atoms with Gasteiger partial charge in [-0.15, -0.1) is 0 Å². The van der Waals surface area contributed by atoms with Crippen molar-refractivity contribution in [3.63, 3.8) is 0 Å². The van der Waals surface area contributed by atoms with Gasteiger partial charge < -0.3 is 10.4 Å². The van der Waals surface area contributed by atoms with Crippen molar-refractivity contribution in [1.82, 2.24) is 4.98 Å². The van der Waals surface area contributed by atoms with Gasteiger partial charge in [0.25, 0.3) is 0 Å². The zero-order chi connectivity index (χ0) is 13.8. The fraction of sp³-hybridized carbons (Fsp3) is 0.308. The summed E-state index contributed by atoms with van der Waals surface area (Å²) in [5.41, 5.74) is 2.14. The minimum atomic E-state index is -0.448. The van der Waals surface area contributed by atoms with E-state index in [-0.39, 0.29) is 12.3 Å². The Morgan fingerprint density at radius 2 is 2.26 bits per heavy atom. The average molecular weight is 261 g/mol. The second-order valence-electron chi connectivity index (χ2n) is 4.30. The number of nitrogens with one attached hydrogen (secondary N) is 1. The van der Waals surface area contributed by atoms with Gasteiger partial charge in [-0.2, -0.15) is 0 Å². The lowest BCUT2D eigenvalue weighted by Gasteiger charge is -2.10. The highest BCUT2D eigenvalue weighted by atomic mass is 16.6. The van der Waals surface area contributed by atoms with E-state index in [1.165, 1.54) is 6.20 Å². The van der Waals surface area contributed by atoms with Crippen LogP contribution in [0, 0.1) is 17.0 Å². The Labute approximate surface area is 110 Å². The van der Waals surface area contributed by atoms with Gasteiger partial charge in [0.05, 0.1) is 10.4 Å². The number of fused-ring (bicyclic) bond motifs is 1. The second-order valence-corrected chi connectivity index (χ2v) is 4.30. The summed E-state index contributed by atoms with van der Waals surface area (Å²) in [6, 6.07) is 5.63. The number of benzene rings is 1. The Balaban J connectivity index is 2.54. The SMILES string of the molecule is Cc1ccc2ncc([N+](=O)[O-])c(NCCCO)c2c1. The first-order chi connectivity index (χ1) is 9.13. The molecule has 0 aliphatic heterocycles. The molecule has 1 heterocycles. The maximum absolute atomic E-state index is 11.1. The van der Waals surface area contributed by atoms with Crippen LogP contribution in [0.1, 0.15) is 12.0 Å². The lowest BCUT2D eigenvalue weighted by atomic mass is 10.1. The molecule has 2 aromatic rings. The summed E-state index contributed by atoms with van der Waals surface area (Å²) in [5.74, 6) is 0. The highest BCUT2D eigenvalue weighted by Crippen LogP contribution is 2.31. The molecule has 0 aliphatic carbocycles. The molecule has 0 spiro atoms. The molecule has 2 N–H and O–H groups in total. The minimum Gasteiger partial charge on any atom is -0.396 e. The highest BCUT2D eigenvalue weighted by Gasteiger charge is 2.17. The van der Waals surface area contributed by atoms with Crippen molar-refractivity contribution in [3.8, 4) is 0 Å². The van der Waals surface area contributed by atoms with Gasteiger partial charge in [0, 0.05) is 18.5 Å². The summed E-state index contributed by atoms with van der Waals surface area (Å²) >= 11 is 0. The quantitative estimate of drug-likeness (QED) is 0.489. The number of aryl methyl sites for hydroxylation is 1. The molecule has 1 aromatic heterocycles. The van der Waals surface area contributed by atoms with Gasteiger partial charge in [0.1, 0.15) is 11.9 Å². The predicted molar refractivity (Wildman–Crippen MR) is 73.3 cm³/mol. The largest absolute Gasteiger partial charge is 0.396 e. The normalized spacial score (nSPS) is 10.6. The van der Waals surface area contributed by atoms with Gasteiger partial charge >= 0.3 is 5.69 Å². The molecule has 0 fully saturated rings. The number of hydrogen-bond acceptors (Lipinski definition) is 5. The molecule has 0 atom stereocenters. The zero-order valence-corrected chi connectivity index (χ0v) is 10.6. The first-order valence-electron chi connectivity index (χ1n) is 6.02. The van der Waals surface area contributed by atoms with E-state index < -0.39 is 4.92 Å². The van der Waals surface area contributed by atoms with Gasteiger partial charge in [0.2, 0.25) is 0 Å². The average Bonchev–Trinajstić information content (AvgIpc) is 2.38. The first kappa shape index (κ1) is 13.2. The van der Waals surface area contributed by atoms with E-state index in [9.17, 15) is 10.1 Å². The van der Waals surface area contributed by atoms with Crippen molar-refractivity contribution in [3.05, 3.63) is 40.1 Å². The molecular formula is C13H15N3O3. The predicted octanol–water partition coefficient (Wildman–Crippen LogP) is 2.25. The van der Waals surface area contributed by atoms with Crippen LogP contribution in [0.5, 0.6) is 0 Å². The van der Waals surface area contributed by atoms with Crippen molar-refractivity contribution in [2.24, 2.45) is 0 Å². The van der Waals surface area contributed by atoms with Crippen LogP contribution in [0.15, 0.2) is 24.4 Å². The van der Waals surface area contributed by atoms with Crippen LogP contribution >= 0.6 is 0 Å². The number of nitrogens with zero attached hydrogens (tertiary/aromatic N) is 2. The van der Waals surface area contributed by atoms with Gasteiger partial charge in [-0.25, -0.2) is 4.98 Å². The van der Waals surface area contributed by atoms with Crippen LogP contribution in [0.4, 0.5) is 11.4 Å². The molecule has 0 saturated heterocycles. The fourth-order valence-electron chi connectivity index (χ4n) is 1.91. The molecule has 0 radical (unpaired) electrons. The molecule has 0 saturated carbocycles. The van der Waals surface area contributed by atoms with E-state index in [1.54, 1.807) is 0 Å². The van der Waals surface area contributed by atoms with Gasteiger partial charge in [-0.05, 0) is 25.5 Å². The van der Waals surface area contributed by atoms with E-state index in [4.69, 9.17) is 5.11 Å². The summed E-state index contributed by atoms with van der Waals surface area (Å²) < 4.78 is 0. The second kappa shape index (κ2) is 5.62. The number of nitro groups is 1. The Bertz CT molecular complexity index is 613. The Hall–Kier alpha value is -2.21. The molecule has 1 aromatic carbocycles. The summed E-state index contributed by atoms with van der Waals surface area (Å²) in [7, 11) is 0. The number of aliphatic hydroxyl groups excluding tert-OH is 1.